The molecule has 2 rings (SSSR count). The minimum Gasteiger partial charge on any atom is -0.497 e. The Kier molecular flexibility index (Phi) is 4.65. The second-order valence-electron chi connectivity index (χ2n) is 4.91. The number of carbonyl (C=O) groups is 1. The molecule has 1 amide bonds. The molecule has 1 aromatic carbocycles. The van der Waals surface area contributed by atoms with Crippen molar-refractivity contribution in [2.24, 2.45) is 0 Å². The van der Waals surface area contributed by atoms with E-state index in [-0.39, 0.29) is 11.7 Å². The molecule has 1 heterocycles. The average molecular weight is 289 g/mol. The van der Waals surface area contributed by atoms with Crippen molar-refractivity contribution >= 4 is 5.91 Å². The number of amides is 1. The van der Waals surface area contributed by atoms with Crippen LogP contribution in [0.4, 0.5) is 0 Å². The van der Waals surface area contributed by atoms with Crippen LogP contribution in [-0.2, 0) is 0 Å². The largest absolute Gasteiger partial charge is 0.497 e. The Balaban J connectivity index is 2.03. The summed E-state index contributed by atoms with van der Waals surface area (Å²) >= 11 is 0. The lowest BCUT2D eigenvalue weighted by Crippen LogP contribution is -2.37. The van der Waals surface area contributed by atoms with E-state index in [1.54, 1.807) is 51.3 Å². The number of ether oxygens (including phenoxy) is 1. The molecule has 0 aliphatic rings. The maximum absolute atomic E-state index is 12.0. The number of carbonyl (C=O) groups excluding carboxylic acids is 1. The molecule has 0 bridgehead atoms. The van der Waals surface area contributed by atoms with Crippen LogP contribution in [0.3, 0.4) is 0 Å². The lowest BCUT2D eigenvalue weighted by atomic mass is 10.0. The van der Waals surface area contributed by atoms with Crippen LogP contribution in [0.15, 0.2) is 41.0 Å². The van der Waals surface area contributed by atoms with Gasteiger partial charge >= 0.3 is 0 Å². The van der Waals surface area contributed by atoms with Crippen LogP contribution in [-0.4, -0.2) is 24.2 Å². The van der Waals surface area contributed by atoms with Crippen molar-refractivity contribution in [1.29, 1.82) is 0 Å². The minimum atomic E-state index is -0.810. The maximum atomic E-state index is 12.0. The van der Waals surface area contributed by atoms with Crippen LogP contribution < -0.4 is 10.1 Å². The molecule has 5 nitrogen and oxygen atoms in total. The van der Waals surface area contributed by atoms with E-state index in [1.165, 1.54) is 6.26 Å². The number of furan rings is 1. The van der Waals surface area contributed by atoms with Crippen LogP contribution >= 0.6 is 0 Å². The summed E-state index contributed by atoms with van der Waals surface area (Å²) in [5.41, 5.74) is 1.47. The van der Waals surface area contributed by atoms with Gasteiger partial charge in [-0.15, -0.1) is 0 Å². The summed E-state index contributed by atoms with van der Waals surface area (Å²) in [7, 11) is 1.58. The first-order chi connectivity index (χ1) is 10.0. The van der Waals surface area contributed by atoms with Crippen LogP contribution in [0.25, 0.3) is 0 Å². The molecule has 0 fully saturated rings. The zero-order valence-corrected chi connectivity index (χ0v) is 12.3. The molecule has 1 aromatic heterocycles. The first kappa shape index (κ1) is 15.1. The van der Waals surface area contributed by atoms with Crippen LogP contribution in [0, 0.1) is 6.92 Å². The Labute approximate surface area is 123 Å². The quantitative estimate of drug-likeness (QED) is 0.887. The second kappa shape index (κ2) is 6.45. The van der Waals surface area contributed by atoms with E-state index in [1.807, 2.05) is 0 Å². The average Bonchev–Trinajstić information content (AvgIpc) is 2.92. The molecule has 112 valence electrons. The number of benzene rings is 1. The van der Waals surface area contributed by atoms with Gasteiger partial charge in [0.15, 0.2) is 5.76 Å². The maximum Gasteiger partial charge on any atom is 0.287 e. The van der Waals surface area contributed by atoms with Gasteiger partial charge in [0.1, 0.15) is 5.75 Å². The first-order valence-corrected chi connectivity index (χ1v) is 6.70. The predicted molar refractivity (Wildman–Crippen MR) is 78.3 cm³/mol. The lowest BCUT2D eigenvalue weighted by molar-refractivity contribution is 0.0825. The Morgan fingerprint density at radius 1 is 1.29 bits per heavy atom. The molecule has 21 heavy (non-hydrogen) atoms. The lowest BCUT2D eigenvalue weighted by Gasteiger charge is -2.20. The highest BCUT2D eigenvalue weighted by molar-refractivity contribution is 5.93. The zero-order chi connectivity index (χ0) is 15.4. The number of hydrogen-bond acceptors (Lipinski definition) is 4. The van der Waals surface area contributed by atoms with Gasteiger partial charge in [-0.1, -0.05) is 12.1 Å². The second-order valence-corrected chi connectivity index (χ2v) is 4.91. The van der Waals surface area contributed by atoms with Crippen molar-refractivity contribution in [2.75, 3.05) is 7.11 Å². The summed E-state index contributed by atoms with van der Waals surface area (Å²) < 4.78 is 10.2. The molecule has 2 atom stereocenters. The number of rotatable bonds is 5. The molecular formula is C16H19NO4. The molecule has 0 radical (unpaired) electrons. The van der Waals surface area contributed by atoms with E-state index in [9.17, 15) is 9.90 Å². The molecule has 5 heteroatoms. The molecule has 0 spiro atoms. The minimum absolute atomic E-state index is 0.267. The number of aryl methyl sites for hydroxylation is 1. The van der Waals surface area contributed by atoms with E-state index in [0.29, 0.717) is 11.3 Å². The molecule has 0 aliphatic heterocycles. The number of methoxy groups -OCH3 is 1. The van der Waals surface area contributed by atoms with Gasteiger partial charge in [0, 0.05) is 5.56 Å². The topological polar surface area (TPSA) is 71.7 Å². The number of aliphatic hydroxyl groups excluding tert-OH is 1. The molecule has 0 aliphatic carbocycles. The van der Waals surface area contributed by atoms with E-state index in [4.69, 9.17) is 9.15 Å². The van der Waals surface area contributed by atoms with Crippen LogP contribution in [0.2, 0.25) is 0 Å². The Bertz CT molecular complexity index is 603. The highest BCUT2D eigenvalue weighted by Gasteiger charge is 2.21. The third kappa shape index (κ3) is 3.44. The first-order valence-electron chi connectivity index (χ1n) is 6.70. The molecular weight excluding hydrogens is 270 g/mol. The number of aliphatic hydroxyl groups is 1. The van der Waals surface area contributed by atoms with Gasteiger partial charge in [0.2, 0.25) is 0 Å². The van der Waals surface area contributed by atoms with E-state index in [2.05, 4.69) is 5.32 Å². The third-order valence-electron chi connectivity index (χ3n) is 3.36. The van der Waals surface area contributed by atoms with Crippen molar-refractivity contribution in [1.82, 2.24) is 5.32 Å². The fourth-order valence-corrected chi connectivity index (χ4v) is 2.05. The van der Waals surface area contributed by atoms with E-state index in [0.717, 1.165) is 5.56 Å². The Morgan fingerprint density at radius 2 is 1.95 bits per heavy atom. The summed E-state index contributed by atoms with van der Waals surface area (Å²) in [5, 5.41) is 13.0. The van der Waals surface area contributed by atoms with Gasteiger partial charge in [-0.25, -0.2) is 0 Å². The number of nitrogens with one attached hydrogen (secondary N) is 1. The zero-order valence-electron chi connectivity index (χ0n) is 12.3. The van der Waals surface area contributed by atoms with Crippen LogP contribution in [0.5, 0.6) is 5.75 Å². The van der Waals surface area contributed by atoms with Gasteiger partial charge in [0.05, 0.1) is 25.5 Å². The summed E-state index contributed by atoms with van der Waals surface area (Å²) in [6.07, 6.45) is 0.657. The van der Waals surface area contributed by atoms with Crippen molar-refractivity contribution in [2.45, 2.75) is 26.0 Å². The van der Waals surface area contributed by atoms with Crippen molar-refractivity contribution in [3.8, 4) is 5.75 Å². The number of hydrogen-bond donors (Lipinski definition) is 2. The third-order valence-corrected chi connectivity index (χ3v) is 3.36. The summed E-state index contributed by atoms with van der Waals surface area (Å²) in [4.78, 5) is 12.0. The summed E-state index contributed by atoms with van der Waals surface area (Å²) in [6, 6.07) is 8.34. The molecule has 0 saturated heterocycles. The van der Waals surface area contributed by atoms with Crippen molar-refractivity contribution in [3.63, 3.8) is 0 Å². The molecule has 0 saturated carbocycles. The molecule has 2 N–H and O–H groups in total. The fraction of sp³-hybridized carbons (Fsp3) is 0.312. The van der Waals surface area contributed by atoms with Gasteiger partial charge in [-0.2, -0.15) is 0 Å². The Hall–Kier alpha value is -2.27. The van der Waals surface area contributed by atoms with E-state index < -0.39 is 12.1 Å². The van der Waals surface area contributed by atoms with Gasteiger partial charge < -0.3 is 19.6 Å². The normalized spacial score (nSPS) is 13.5. The predicted octanol–water partition coefficient (Wildman–Crippen LogP) is 2.45. The fourth-order valence-electron chi connectivity index (χ4n) is 2.05. The van der Waals surface area contributed by atoms with Gasteiger partial charge in [0.25, 0.3) is 5.91 Å². The molecule has 2 unspecified atom stereocenters. The van der Waals surface area contributed by atoms with Crippen molar-refractivity contribution in [3.05, 3.63) is 53.5 Å². The van der Waals surface area contributed by atoms with Crippen LogP contribution in [0.1, 0.15) is 34.7 Å². The SMILES string of the molecule is COc1ccc(C(O)C(C)NC(=O)c2occc2C)cc1. The summed E-state index contributed by atoms with van der Waals surface area (Å²) in [6.45, 7) is 3.54. The highest BCUT2D eigenvalue weighted by atomic mass is 16.5. The standard InChI is InChI=1S/C16H19NO4/c1-10-8-9-21-15(10)16(19)17-11(2)14(18)12-4-6-13(20-3)7-5-12/h4-9,11,14,18H,1-3H3,(H,17,19). The van der Waals surface area contributed by atoms with E-state index >= 15 is 0 Å². The monoisotopic (exact) mass is 289 g/mol. The van der Waals surface area contributed by atoms with Gasteiger partial charge in [-0.05, 0) is 37.6 Å². The highest BCUT2D eigenvalue weighted by Crippen LogP contribution is 2.20. The molecule has 2 aromatic rings. The Morgan fingerprint density at radius 3 is 2.48 bits per heavy atom. The van der Waals surface area contributed by atoms with Gasteiger partial charge in [-0.3, -0.25) is 4.79 Å². The summed E-state index contributed by atoms with van der Waals surface area (Å²) in [5.74, 6) is 0.648. The van der Waals surface area contributed by atoms with Crippen molar-refractivity contribution < 1.29 is 19.1 Å². The smallest absolute Gasteiger partial charge is 0.287 e.